The molecular formula is C9H16N4O2. The van der Waals surface area contributed by atoms with Gasteiger partial charge in [-0.2, -0.15) is 0 Å². The standard InChI is InChI=1S/C9H16N4O2/c1-2-5-8-10-11-12-13(8)7-4-3-6-9(14)15/h2-7H2,1H3,(H,14,15). The Kier molecular flexibility index (Phi) is 4.73. The third-order valence-corrected chi connectivity index (χ3v) is 2.09. The van der Waals surface area contributed by atoms with Crippen LogP contribution in [-0.2, 0) is 17.8 Å². The molecule has 0 saturated heterocycles. The number of tetrazole rings is 1. The van der Waals surface area contributed by atoms with E-state index in [1.807, 2.05) is 0 Å². The SMILES string of the molecule is CCCc1nnnn1CCCCC(=O)O. The second kappa shape index (κ2) is 6.10. The van der Waals surface area contributed by atoms with Gasteiger partial charge < -0.3 is 5.11 Å². The average molecular weight is 212 g/mol. The Morgan fingerprint density at radius 3 is 2.93 bits per heavy atom. The summed E-state index contributed by atoms with van der Waals surface area (Å²) in [5, 5.41) is 19.8. The highest BCUT2D eigenvalue weighted by molar-refractivity contribution is 5.66. The monoisotopic (exact) mass is 212 g/mol. The molecule has 1 rings (SSSR count). The molecule has 84 valence electrons. The summed E-state index contributed by atoms with van der Waals surface area (Å²) in [7, 11) is 0. The summed E-state index contributed by atoms with van der Waals surface area (Å²) in [6.45, 7) is 2.78. The van der Waals surface area contributed by atoms with E-state index in [0.717, 1.165) is 25.1 Å². The molecule has 0 unspecified atom stereocenters. The summed E-state index contributed by atoms with van der Waals surface area (Å²) in [5.74, 6) is 0.133. The van der Waals surface area contributed by atoms with Gasteiger partial charge in [0.1, 0.15) is 0 Å². The number of aryl methyl sites for hydroxylation is 2. The van der Waals surface area contributed by atoms with Crippen LogP contribution in [0, 0.1) is 0 Å². The molecule has 0 bridgehead atoms. The molecule has 0 aliphatic carbocycles. The van der Waals surface area contributed by atoms with Crippen LogP contribution in [0.2, 0.25) is 0 Å². The molecule has 1 aromatic heterocycles. The Balaban J connectivity index is 2.30. The molecule has 0 aliphatic rings. The average Bonchev–Trinajstić information content (AvgIpc) is 2.61. The topological polar surface area (TPSA) is 80.9 Å². The fourth-order valence-electron chi connectivity index (χ4n) is 1.34. The van der Waals surface area contributed by atoms with Crippen molar-refractivity contribution < 1.29 is 9.90 Å². The van der Waals surface area contributed by atoms with Crippen LogP contribution in [0.1, 0.15) is 38.4 Å². The number of hydrogen-bond acceptors (Lipinski definition) is 4. The van der Waals surface area contributed by atoms with Crippen LogP contribution in [0.4, 0.5) is 0 Å². The third-order valence-electron chi connectivity index (χ3n) is 2.09. The zero-order chi connectivity index (χ0) is 11.1. The lowest BCUT2D eigenvalue weighted by molar-refractivity contribution is -0.137. The van der Waals surface area contributed by atoms with Gasteiger partial charge in [-0.3, -0.25) is 4.79 Å². The Hall–Kier alpha value is -1.46. The maximum Gasteiger partial charge on any atom is 0.303 e. The number of carbonyl (C=O) groups is 1. The number of rotatable bonds is 7. The van der Waals surface area contributed by atoms with E-state index in [1.54, 1.807) is 4.68 Å². The molecule has 1 N–H and O–H groups in total. The second-order valence-corrected chi connectivity index (χ2v) is 3.42. The van der Waals surface area contributed by atoms with Crippen LogP contribution >= 0.6 is 0 Å². The van der Waals surface area contributed by atoms with Crippen molar-refractivity contribution in [3.05, 3.63) is 5.82 Å². The number of hydrogen-bond donors (Lipinski definition) is 1. The van der Waals surface area contributed by atoms with Gasteiger partial charge >= 0.3 is 5.97 Å². The molecule has 1 aromatic rings. The highest BCUT2D eigenvalue weighted by Crippen LogP contribution is 2.02. The van der Waals surface area contributed by atoms with Crippen LogP contribution < -0.4 is 0 Å². The lowest BCUT2D eigenvalue weighted by Crippen LogP contribution is -2.06. The molecule has 0 radical (unpaired) electrons. The fourth-order valence-corrected chi connectivity index (χ4v) is 1.34. The van der Waals surface area contributed by atoms with E-state index in [1.165, 1.54) is 0 Å². The lowest BCUT2D eigenvalue weighted by atomic mass is 10.2. The quantitative estimate of drug-likeness (QED) is 0.678. The van der Waals surface area contributed by atoms with Gasteiger partial charge in [0.15, 0.2) is 5.82 Å². The van der Waals surface area contributed by atoms with Gasteiger partial charge in [0.25, 0.3) is 0 Å². The van der Waals surface area contributed by atoms with Crippen LogP contribution in [0.15, 0.2) is 0 Å². The molecular weight excluding hydrogens is 196 g/mol. The zero-order valence-corrected chi connectivity index (χ0v) is 8.89. The number of unbranched alkanes of at least 4 members (excludes halogenated alkanes) is 1. The van der Waals surface area contributed by atoms with Crippen molar-refractivity contribution in [2.24, 2.45) is 0 Å². The van der Waals surface area contributed by atoms with Crippen molar-refractivity contribution in [3.63, 3.8) is 0 Å². The van der Waals surface area contributed by atoms with E-state index in [4.69, 9.17) is 5.11 Å². The van der Waals surface area contributed by atoms with Crippen molar-refractivity contribution in [2.75, 3.05) is 0 Å². The van der Waals surface area contributed by atoms with Crippen molar-refractivity contribution in [1.29, 1.82) is 0 Å². The van der Waals surface area contributed by atoms with Crippen molar-refractivity contribution in [3.8, 4) is 0 Å². The predicted molar refractivity (Wildman–Crippen MR) is 53.3 cm³/mol. The molecule has 15 heavy (non-hydrogen) atoms. The number of aromatic nitrogens is 4. The summed E-state index contributed by atoms with van der Waals surface area (Å²) in [6, 6.07) is 0. The smallest absolute Gasteiger partial charge is 0.303 e. The molecule has 6 heteroatoms. The zero-order valence-electron chi connectivity index (χ0n) is 8.89. The first kappa shape index (κ1) is 11.6. The Morgan fingerprint density at radius 2 is 2.27 bits per heavy atom. The predicted octanol–water partition coefficient (Wildman–Crippen LogP) is 0.880. The van der Waals surface area contributed by atoms with E-state index in [-0.39, 0.29) is 6.42 Å². The molecule has 0 amide bonds. The van der Waals surface area contributed by atoms with Gasteiger partial charge in [0.2, 0.25) is 0 Å². The number of carboxylic acids is 1. The summed E-state index contributed by atoms with van der Waals surface area (Å²) < 4.78 is 1.76. The third kappa shape index (κ3) is 4.05. The summed E-state index contributed by atoms with van der Waals surface area (Å²) >= 11 is 0. The van der Waals surface area contributed by atoms with Crippen molar-refractivity contribution in [2.45, 2.75) is 45.6 Å². The van der Waals surface area contributed by atoms with Crippen LogP contribution in [0.25, 0.3) is 0 Å². The molecule has 0 spiro atoms. The summed E-state index contributed by atoms with van der Waals surface area (Å²) in [6.07, 6.45) is 3.56. The Labute approximate surface area is 88.3 Å². The van der Waals surface area contributed by atoms with Gasteiger partial charge in [-0.05, 0) is 29.7 Å². The lowest BCUT2D eigenvalue weighted by Gasteiger charge is -2.02. The van der Waals surface area contributed by atoms with E-state index in [9.17, 15) is 4.79 Å². The molecule has 6 nitrogen and oxygen atoms in total. The van der Waals surface area contributed by atoms with Gasteiger partial charge in [-0.15, -0.1) is 5.10 Å². The first-order valence-corrected chi connectivity index (χ1v) is 5.21. The molecule has 0 aromatic carbocycles. The molecule has 1 heterocycles. The van der Waals surface area contributed by atoms with Gasteiger partial charge in [0.05, 0.1) is 0 Å². The maximum atomic E-state index is 10.3. The van der Waals surface area contributed by atoms with E-state index >= 15 is 0 Å². The largest absolute Gasteiger partial charge is 0.481 e. The molecule has 0 saturated carbocycles. The van der Waals surface area contributed by atoms with Crippen molar-refractivity contribution in [1.82, 2.24) is 20.2 Å². The summed E-state index contributed by atoms with van der Waals surface area (Å²) in [5.41, 5.74) is 0. The van der Waals surface area contributed by atoms with Gasteiger partial charge in [0, 0.05) is 19.4 Å². The second-order valence-electron chi connectivity index (χ2n) is 3.42. The molecule has 0 atom stereocenters. The van der Waals surface area contributed by atoms with E-state index < -0.39 is 5.97 Å². The van der Waals surface area contributed by atoms with E-state index in [0.29, 0.717) is 13.0 Å². The fraction of sp³-hybridized carbons (Fsp3) is 0.778. The maximum absolute atomic E-state index is 10.3. The molecule has 0 aliphatic heterocycles. The van der Waals surface area contributed by atoms with Crippen LogP contribution in [0.3, 0.4) is 0 Å². The number of nitrogens with zero attached hydrogens (tertiary/aromatic N) is 4. The normalized spacial score (nSPS) is 10.5. The van der Waals surface area contributed by atoms with Crippen LogP contribution in [-0.4, -0.2) is 31.3 Å². The van der Waals surface area contributed by atoms with Gasteiger partial charge in [-0.1, -0.05) is 6.92 Å². The number of aliphatic carboxylic acids is 1. The minimum atomic E-state index is -0.750. The first-order chi connectivity index (χ1) is 7.24. The van der Waals surface area contributed by atoms with E-state index in [2.05, 4.69) is 22.4 Å². The van der Waals surface area contributed by atoms with Crippen molar-refractivity contribution >= 4 is 5.97 Å². The minimum absolute atomic E-state index is 0.214. The Bertz CT molecular complexity index is 311. The summed E-state index contributed by atoms with van der Waals surface area (Å²) in [4.78, 5) is 10.3. The first-order valence-electron chi connectivity index (χ1n) is 5.21. The minimum Gasteiger partial charge on any atom is -0.481 e. The highest BCUT2D eigenvalue weighted by Gasteiger charge is 2.04. The number of carboxylic acid groups (broad SMARTS) is 1. The molecule has 0 fully saturated rings. The van der Waals surface area contributed by atoms with Crippen LogP contribution in [0.5, 0.6) is 0 Å². The van der Waals surface area contributed by atoms with Gasteiger partial charge in [-0.25, -0.2) is 4.68 Å². The highest BCUT2D eigenvalue weighted by atomic mass is 16.4. The Morgan fingerprint density at radius 1 is 1.47 bits per heavy atom.